The van der Waals surface area contributed by atoms with Crippen molar-refractivity contribution >= 4 is 35.5 Å². The Morgan fingerprint density at radius 2 is 1.21 bits per heavy atom. The average molecular weight is 1270 g/mol. The van der Waals surface area contributed by atoms with Crippen molar-refractivity contribution in [1.29, 1.82) is 0 Å². The molecule has 0 saturated carbocycles. The monoisotopic (exact) mass is 1270 g/mol. The molecule has 1 aromatic heterocycles. The Hall–Kier alpha value is -6.14. The second-order valence-corrected chi connectivity index (χ2v) is 19.3. The summed E-state index contributed by atoms with van der Waals surface area (Å²) in [4.78, 5) is 50.1. The highest BCUT2D eigenvalue weighted by Crippen LogP contribution is 2.35. The molecule has 0 unspecified atom stereocenters. The van der Waals surface area contributed by atoms with E-state index in [4.69, 9.17) is 63.7 Å². The molecule has 1 saturated heterocycles. The zero-order chi connectivity index (χ0) is 62.8. The SMILES string of the molecule is O=C(Cc1ccc(Cl)cc1)NC[C@@H](O)[C@@H](O)[C@@H]1O[C@@](OCc2ccccc2)(C(=O)O)C[C@H](O)[C@H]1NC(=O)NCCOCCOCCOCCOCCOCc1c[n+](CCOCCOCCOCCOCCC(=O)Oc2c(F)c(F)c(F)c(F)c2F)[nH]n1. The fourth-order valence-electron chi connectivity index (χ4n) is 7.86. The van der Waals surface area contributed by atoms with Crippen LogP contribution in [0.2, 0.25) is 5.02 Å². The number of ether oxygens (including phenoxy) is 12. The molecule has 0 aliphatic carbocycles. The van der Waals surface area contributed by atoms with E-state index < -0.39 is 114 Å². The maximum Gasteiger partial charge on any atom is 0.364 e. The van der Waals surface area contributed by atoms with E-state index in [0.717, 1.165) is 0 Å². The number of halogens is 6. The van der Waals surface area contributed by atoms with Gasteiger partial charge in [0.1, 0.15) is 25.4 Å². The van der Waals surface area contributed by atoms with Crippen LogP contribution in [0.5, 0.6) is 5.75 Å². The van der Waals surface area contributed by atoms with E-state index in [1.54, 1.807) is 65.5 Å². The number of aliphatic carboxylic acids is 1. The Morgan fingerprint density at radius 3 is 1.78 bits per heavy atom. The smallest absolute Gasteiger partial charge is 0.364 e. The number of carbonyl (C=O) groups excluding carboxylic acids is 3. The molecule has 26 nitrogen and oxygen atoms in total. The van der Waals surface area contributed by atoms with Crippen molar-refractivity contribution in [2.45, 2.75) is 75.3 Å². The zero-order valence-electron chi connectivity index (χ0n) is 47.3. The number of amides is 3. The van der Waals surface area contributed by atoms with Crippen molar-refractivity contribution in [1.82, 2.24) is 26.3 Å². The van der Waals surface area contributed by atoms with Gasteiger partial charge in [-0.25, -0.2) is 22.8 Å². The Labute approximate surface area is 501 Å². The van der Waals surface area contributed by atoms with Crippen molar-refractivity contribution in [2.75, 3.05) is 125 Å². The number of nitrogens with zero attached hydrogens (tertiary/aromatic N) is 2. The van der Waals surface area contributed by atoms with Crippen LogP contribution >= 0.6 is 11.6 Å². The third-order valence-corrected chi connectivity index (χ3v) is 12.6. The summed E-state index contributed by atoms with van der Waals surface area (Å²) < 4.78 is 134. The summed E-state index contributed by atoms with van der Waals surface area (Å²) in [6.07, 6.45) is -6.59. The van der Waals surface area contributed by atoms with Crippen LogP contribution in [0, 0.1) is 29.1 Å². The highest BCUT2D eigenvalue weighted by atomic mass is 35.5. The number of urea groups is 1. The number of carbonyl (C=O) groups is 4. The van der Waals surface area contributed by atoms with E-state index in [1.165, 1.54) is 0 Å². The van der Waals surface area contributed by atoms with Crippen molar-refractivity contribution in [3.63, 3.8) is 0 Å². The first-order valence-electron chi connectivity index (χ1n) is 27.5. The predicted molar refractivity (Wildman–Crippen MR) is 289 cm³/mol. The largest absolute Gasteiger partial charge is 0.477 e. The van der Waals surface area contributed by atoms with Gasteiger partial charge in [-0.15, -0.1) is 0 Å². The number of aliphatic hydroxyl groups excluding tert-OH is 3. The lowest BCUT2D eigenvalue weighted by Gasteiger charge is -2.46. The number of esters is 1. The molecule has 4 aromatic rings. The molecule has 0 radical (unpaired) electrons. The number of aliphatic hydroxyl groups is 3. The average Bonchev–Trinajstić information content (AvgIpc) is 1.33. The third kappa shape index (κ3) is 25.8. The minimum Gasteiger partial charge on any atom is -0.477 e. The number of H-pyrrole nitrogens is 1. The van der Waals surface area contributed by atoms with Gasteiger partial charge in [0, 0.05) is 29.6 Å². The fraction of sp³-hybridized carbons (Fsp3) is 0.564. The Balaban J connectivity index is 0.817. The number of carboxylic acids is 1. The lowest BCUT2D eigenvalue weighted by Crippen LogP contribution is -2.68. The molecule has 32 heteroatoms. The van der Waals surface area contributed by atoms with Crippen molar-refractivity contribution in [3.8, 4) is 5.75 Å². The number of carboxylic acid groups (broad SMARTS) is 1. The van der Waals surface area contributed by atoms with Crippen LogP contribution < -0.4 is 25.4 Å². The molecule has 1 aliphatic rings. The van der Waals surface area contributed by atoms with E-state index >= 15 is 0 Å². The molecule has 0 bridgehead atoms. The first kappa shape index (κ1) is 71.6. The van der Waals surface area contributed by atoms with E-state index in [1.807, 2.05) is 0 Å². The minimum atomic E-state index is -2.50. The molecule has 5 rings (SSSR count). The van der Waals surface area contributed by atoms with Gasteiger partial charge in [-0.1, -0.05) is 59.3 Å². The van der Waals surface area contributed by atoms with Gasteiger partial charge in [0.25, 0.3) is 5.79 Å². The number of hydrogen-bond donors (Lipinski definition) is 8. The maximum absolute atomic E-state index is 13.6. The Bertz CT molecular complexity index is 2650. The summed E-state index contributed by atoms with van der Waals surface area (Å²) in [5.41, 5.74) is 1.89. The lowest BCUT2D eigenvalue weighted by molar-refractivity contribution is -0.754. The van der Waals surface area contributed by atoms with Gasteiger partial charge < -0.3 is 93.2 Å². The number of aromatic nitrogens is 3. The van der Waals surface area contributed by atoms with Crippen LogP contribution in [0.3, 0.4) is 0 Å². The minimum absolute atomic E-state index is 0.00251. The summed E-state index contributed by atoms with van der Waals surface area (Å²) in [7, 11) is 0. The highest BCUT2D eigenvalue weighted by Gasteiger charge is 2.56. The molecule has 8 N–H and O–H groups in total. The summed E-state index contributed by atoms with van der Waals surface area (Å²) in [6.45, 7) is 3.84. The van der Waals surface area contributed by atoms with Crippen LogP contribution in [-0.2, 0) is 92.7 Å². The van der Waals surface area contributed by atoms with E-state index in [0.29, 0.717) is 81.2 Å². The van der Waals surface area contributed by atoms with E-state index in [2.05, 4.69) is 31.0 Å². The van der Waals surface area contributed by atoms with Gasteiger partial charge in [-0.3, -0.25) is 9.59 Å². The van der Waals surface area contributed by atoms with E-state index in [9.17, 15) is 61.6 Å². The Kier molecular flexibility index (Phi) is 32.7. The van der Waals surface area contributed by atoms with E-state index in [-0.39, 0.29) is 85.6 Å². The van der Waals surface area contributed by atoms with Gasteiger partial charge in [-0.2, -0.15) is 13.5 Å². The number of benzene rings is 3. The van der Waals surface area contributed by atoms with Crippen molar-refractivity contribution in [3.05, 3.63) is 112 Å². The zero-order valence-corrected chi connectivity index (χ0v) is 48.1. The van der Waals surface area contributed by atoms with Crippen LogP contribution in [0.1, 0.15) is 29.7 Å². The maximum atomic E-state index is 13.6. The molecule has 3 aromatic carbocycles. The molecular weight excluding hydrogens is 1200 g/mol. The molecule has 484 valence electrons. The first-order valence-corrected chi connectivity index (χ1v) is 27.9. The lowest BCUT2D eigenvalue weighted by atomic mass is 9.88. The molecule has 6 atom stereocenters. The normalized spacial score (nSPS) is 17.4. The van der Waals surface area contributed by atoms with Crippen LogP contribution in [-0.4, -0.2) is 216 Å². The summed E-state index contributed by atoms with van der Waals surface area (Å²) >= 11 is 5.92. The molecule has 1 fully saturated rings. The molecule has 3 amide bonds. The van der Waals surface area contributed by atoms with Crippen LogP contribution in [0.15, 0.2) is 60.8 Å². The molecule has 2 heterocycles. The van der Waals surface area contributed by atoms with Crippen molar-refractivity contribution in [2.24, 2.45) is 0 Å². The van der Waals surface area contributed by atoms with Gasteiger partial charge in [0.05, 0.1) is 150 Å². The van der Waals surface area contributed by atoms with Crippen LogP contribution in [0.4, 0.5) is 26.7 Å². The van der Waals surface area contributed by atoms with Gasteiger partial charge in [0.15, 0.2) is 6.20 Å². The topological polar surface area (TPSA) is 329 Å². The number of aromatic amines is 1. The first-order chi connectivity index (χ1) is 42.0. The standard InChI is InChI=1S/C55H72ClF5N6O20/c56-38-8-6-36(7-9-38)30-42(70)63-32-41(69)50(72)52-49(40(68)31-55(87-52,53(73)74)85-34-37-4-2-1-3-5-37)64-54(75)62-11-14-77-17-20-80-23-25-82-26-27-83-28-29-84-35-39-33-67(66-65-39)12-15-78-18-21-81-24-22-79-19-16-76-13-10-43(71)86-51-47(60)45(58)44(57)46(59)48(51)61/h1-9,33,40-41,49-50,52,68-69,72H,10-32,34-35H2,(H4,62,63,64,70,73,74,75)/p+1/t40-,41+,49+,50+,52+,55+/m0/s1. The third-order valence-electron chi connectivity index (χ3n) is 12.4. The quantitative estimate of drug-likeness (QED) is 0.00593. The van der Waals surface area contributed by atoms with Gasteiger partial charge in [-0.05, 0) is 23.3 Å². The number of hydrogen-bond acceptors (Lipinski definition) is 20. The second kappa shape index (κ2) is 39.7. The van der Waals surface area contributed by atoms with Gasteiger partial charge in [0.2, 0.25) is 46.4 Å². The highest BCUT2D eigenvalue weighted by molar-refractivity contribution is 6.30. The molecule has 1 aliphatic heterocycles. The molecule has 87 heavy (non-hydrogen) atoms. The van der Waals surface area contributed by atoms with Gasteiger partial charge >= 0.3 is 18.0 Å². The molecular formula is C55H73ClF5N6O20+. The predicted octanol–water partition coefficient (Wildman–Crippen LogP) is 1.59. The number of rotatable bonds is 44. The van der Waals surface area contributed by atoms with Crippen LogP contribution in [0.25, 0.3) is 0 Å². The summed E-state index contributed by atoms with van der Waals surface area (Å²) in [5.74, 6) is -18.9. The summed E-state index contributed by atoms with van der Waals surface area (Å²) in [5, 5.41) is 59.1. The Morgan fingerprint density at radius 1 is 0.678 bits per heavy atom. The number of nitrogens with one attached hydrogen (secondary N) is 4. The summed E-state index contributed by atoms with van der Waals surface area (Å²) in [6, 6.07) is 12.8. The fourth-order valence-corrected chi connectivity index (χ4v) is 7.99. The van der Waals surface area contributed by atoms with Crippen molar-refractivity contribution < 1.29 is 123 Å². The molecule has 0 spiro atoms. The second-order valence-electron chi connectivity index (χ2n) is 18.9.